The molecule has 0 aromatic heterocycles. The first-order valence-corrected chi connectivity index (χ1v) is 7.66. The minimum atomic E-state index is 0.123. The van der Waals surface area contributed by atoms with Gasteiger partial charge in [-0.2, -0.15) is 0 Å². The minimum absolute atomic E-state index is 0.123. The molecule has 2 aromatic rings. The number of halogens is 1. The maximum absolute atomic E-state index is 6.22. The van der Waals surface area contributed by atoms with E-state index in [-0.39, 0.29) is 6.04 Å². The van der Waals surface area contributed by atoms with Gasteiger partial charge in [0.05, 0.1) is 13.2 Å². The number of hydrogen-bond acceptors (Lipinski definition) is 2. The second kappa shape index (κ2) is 7.48. The smallest absolute Gasteiger partial charge is 0.119 e. The molecule has 2 nitrogen and oxygen atoms in total. The largest absolute Gasteiger partial charge is 0.497 e. The van der Waals surface area contributed by atoms with E-state index in [4.69, 9.17) is 16.3 Å². The number of aryl methyl sites for hydroxylation is 1. The first kappa shape index (κ1) is 15.9. The van der Waals surface area contributed by atoms with Gasteiger partial charge in [0.25, 0.3) is 0 Å². The molecule has 1 atom stereocenters. The summed E-state index contributed by atoms with van der Waals surface area (Å²) in [6, 6.07) is 14.5. The second-order valence-corrected chi connectivity index (χ2v) is 5.66. The van der Waals surface area contributed by atoms with Crippen molar-refractivity contribution in [1.82, 2.24) is 5.32 Å². The van der Waals surface area contributed by atoms with Gasteiger partial charge < -0.3 is 10.1 Å². The Morgan fingerprint density at radius 3 is 2.62 bits per heavy atom. The normalized spacial score (nSPS) is 12.2. The lowest BCUT2D eigenvalue weighted by Crippen LogP contribution is -2.23. The summed E-state index contributed by atoms with van der Waals surface area (Å²) in [5.74, 6) is 0.870. The Labute approximate surface area is 132 Å². The number of hydrogen-bond donors (Lipinski definition) is 1. The Hall–Kier alpha value is -1.51. The highest BCUT2D eigenvalue weighted by atomic mass is 35.5. The lowest BCUT2D eigenvalue weighted by molar-refractivity contribution is 0.413. The Morgan fingerprint density at radius 1 is 1.14 bits per heavy atom. The average Bonchev–Trinajstić information content (AvgIpc) is 2.47. The highest BCUT2D eigenvalue weighted by molar-refractivity contribution is 6.30. The van der Waals surface area contributed by atoms with E-state index < -0.39 is 0 Å². The first-order valence-electron chi connectivity index (χ1n) is 7.28. The van der Waals surface area contributed by atoms with Crippen LogP contribution in [0.1, 0.15) is 36.1 Å². The van der Waals surface area contributed by atoms with Crippen LogP contribution in [-0.4, -0.2) is 13.7 Å². The number of nitrogens with one attached hydrogen (secondary N) is 1. The Bertz CT molecular complexity index is 577. The molecular formula is C18H22ClNO. The summed E-state index contributed by atoms with van der Waals surface area (Å²) in [5, 5.41) is 4.37. The third-order valence-corrected chi connectivity index (χ3v) is 3.64. The van der Waals surface area contributed by atoms with Crippen LogP contribution >= 0.6 is 11.6 Å². The molecule has 0 bridgehead atoms. The molecule has 1 N–H and O–H groups in total. The van der Waals surface area contributed by atoms with Crippen LogP contribution in [0, 0.1) is 6.92 Å². The highest BCUT2D eigenvalue weighted by Gasteiger charge is 2.15. The molecule has 0 saturated carbocycles. The molecule has 2 aromatic carbocycles. The number of benzene rings is 2. The topological polar surface area (TPSA) is 21.3 Å². The molecule has 1 unspecified atom stereocenters. The van der Waals surface area contributed by atoms with Gasteiger partial charge >= 0.3 is 0 Å². The van der Waals surface area contributed by atoms with Gasteiger partial charge in [0, 0.05) is 5.02 Å². The molecule has 0 aliphatic rings. The summed E-state index contributed by atoms with van der Waals surface area (Å²) < 4.78 is 5.34. The molecule has 0 fully saturated rings. The number of rotatable bonds is 6. The van der Waals surface area contributed by atoms with Gasteiger partial charge in [0.15, 0.2) is 0 Å². The average molecular weight is 304 g/mol. The van der Waals surface area contributed by atoms with Crippen LogP contribution < -0.4 is 10.1 Å². The van der Waals surface area contributed by atoms with Gasteiger partial charge in [-0.05, 0) is 60.8 Å². The fraction of sp³-hybridized carbons (Fsp3) is 0.333. The molecule has 112 valence electrons. The lowest BCUT2D eigenvalue weighted by Gasteiger charge is -2.21. The van der Waals surface area contributed by atoms with Crippen molar-refractivity contribution in [2.45, 2.75) is 26.3 Å². The molecule has 0 saturated heterocycles. The molecule has 0 aliphatic heterocycles. The first-order chi connectivity index (χ1) is 10.1. The lowest BCUT2D eigenvalue weighted by atomic mass is 9.97. The standard InChI is InChI=1S/C18H22ClNO/c1-4-8-20-18(14-6-5-7-17(12-14)21-3)15-9-13(2)10-16(19)11-15/h5-7,9-12,18,20H,4,8H2,1-3H3. The van der Waals surface area contributed by atoms with Gasteiger partial charge in [0.2, 0.25) is 0 Å². The molecule has 0 aliphatic carbocycles. The Morgan fingerprint density at radius 2 is 1.95 bits per heavy atom. The zero-order chi connectivity index (χ0) is 15.2. The van der Waals surface area contributed by atoms with Gasteiger partial charge in [-0.3, -0.25) is 0 Å². The second-order valence-electron chi connectivity index (χ2n) is 5.23. The van der Waals surface area contributed by atoms with Crippen molar-refractivity contribution in [2.24, 2.45) is 0 Å². The summed E-state index contributed by atoms with van der Waals surface area (Å²) in [6.07, 6.45) is 1.08. The van der Waals surface area contributed by atoms with E-state index >= 15 is 0 Å². The van der Waals surface area contributed by atoms with Crippen molar-refractivity contribution in [3.05, 3.63) is 64.2 Å². The van der Waals surface area contributed by atoms with Gasteiger partial charge in [-0.15, -0.1) is 0 Å². The van der Waals surface area contributed by atoms with Crippen LogP contribution in [0.5, 0.6) is 5.75 Å². The predicted octanol–water partition coefficient (Wildman–Crippen LogP) is 4.75. The summed E-state index contributed by atoms with van der Waals surface area (Å²) in [6.45, 7) is 5.18. The molecule has 0 radical (unpaired) electrons. The van der Waals surface area contributed by atoms with Gasteiger partial charge in [-0.1, -0.05) is 36.7 Å². The molecule has 0 amide bonds. The van der Waals surface area contributed by atoms with Gasteiger partial charge in [0.1, 0.15) is 5.75 Å². The van der Waals surface area contributed by atoms with Crippen molar-refractivity contribution in [2.75, 3.05) is 13.7 Å². The highest BCUT2D eigenvalue weighted by Crippen LogP contribution is 2.28. The van der Waals surface area contributed by atoms with Crippen LogP contribution in [0.4, 0.5) is 0 Å². The quantitative estimate of drug-likeness (QED) is 0.832. The van der Waals surface area contributed by atoms with Crippen LogP contribution in [0.15, 0.2) is 42.5 Å². The molecule has 0 spiro atoms. The van der Waals surface area contributed by atoms with E-state index in [0.29, 0.717) is 0 Å². The van der Waals surface area contributed by atoms with Gasteiger partial charge in [-0.25, -0.2) is 0 Å². The maximum atomic E-state index is 6.22. The summed E-state index contributed by atoms with van der Waals surface area (Å²) >= 11 is 6.22. The third-order valence-electron chi connectivity index (χ3n) is 3.42. The monoisotopic (exact) mass is 303 g/mol. The minimum Gasteiger partial charge on any atom is -0.497 e. The summed E-state index contributed by atoms with van der Waals surface area (Å²) in [4.78, 5) is 0. The van der Waals surface area contributed by atoms with Crippen molar-refractivity contribution in [3.8, 4) is 5.75 Å². The summed E-state index contributed by atoms with van der Waals surface area (Å²) in [7, 11) is 1.69. The third kappa shape index (κ3) is 4.23. The van der Waals surface area contributed by atoms with Crippen molar-refractivity contribution in [3.63, 3.8) is 0 Å². The Kier molecular flexibility index (Phi) is 5.66. The molecule has 0 heterocycles. The van der Waals surface area contributed by atoms with Crippen LogP contribution in [-0.2, 0) is 0 Å². The van der Waals surface area contributed by atoms with Crippen LogP contribution in [0.2, 0.25) is 5.02 Å². The summed E-state index contributed by atoms with van der Waals surface area (Å²) in [5.41, 5.74) is 3.54. The number of methoxy groups -OCH3 is 1. The van der Waals surface area contributed by atoms with E-state index in [0.717, 1.165) is 23.7 Å². The fourth-order valence-electron chi connectivity index (χ4n) is 2.47. The molecule has 21 heavy (non-hydrogen) atoms. The zero-order valence-corrected chi connectivity index (χ0v) is 13.6. The Balaban J connectivity index is 2.41. The predicted molar refractivity (Wildman–Crippen MR) is 89.3 cm³/mol. The maximum Gasteiger partial charge on any atom is 0.119 e. The molecule has 3 heteroatoms. The SMILES string of the molecule is CCCNC(c1cc(C)cc(Cl)c1)c1cccc(OC)c1. The zero-order valence-electron chi connectivity index (χ0n) is 12.8. The number of ether oxygens (including phenoxy) is 1. The van der Waals surface area contributed by atoms with Crippen LogP contribution in [0.3, 0.4) is 0 Å². The van der Waals surface area contributed by atoms with Crippen molar-refractivity contribution >= 4 is 11.6 Å². The van der Waals surface area contributed by atoms with E-state index in [1.807, 2.05) is 24.3 Å². The van der Waals surface area contributed by atoms with E-state index in [1.54, 1.807) is 7.11 Å². The van der Waals surface area contributed by atoms with Crippen molar-refractivity contribution in [1.29, 1.82) is 0 Å². The van der Waals surface area contributed by atoms with E-state index in [9.17, 15) is 0 Å². The fourth-order valence-corrected chi connectivity index (χ4v) is 2.77. The van der Waals surface area contributed by atoms with E-state index in [2.05, 4.69) is 37.4 Å². The van der Waals surface area contributed by atoms with Crippen molar-refractivity contribution < 1.29 is 4.74 Å². The van der Waals surface area contributed by atoms with E-state index in [1.165, 1.54) is 16.7 Å². The molecule has 2 rings (SSSR count). The molecular weight excluding hydrogens is 282 g/mol. The van der Waals surface area contributed by atoms with Crippen LogP contribution in [0.25, 0.3) is 0 Å².